The van der Waals surface area contributed by atoms with E-state index in [0.29, 0.717) is 36.3 Å². The van der Waals surface area contributed by atoms with Crippen LogP contribution >= 0.6 is 0 Å². The van der Waals surface area contributed by atoms with Gasteiger partial charge in [0.05, 0.1) is 23.4 Å². The van der Waals surface area contributed by atoms with Gasteiger partial charge in [-0.25, -0.2) is 8.42 Å². The lowest BCUT2D eigenvalue weighted by Crippen LogP contribution is -2.43. The van der Waals surface area contributed by atoms with E-state index in [1.54, 1.807) is 25.1 Å². The minimum Gasteiger partial charge on any atom is -0.434 e. The third-order valence-corrected chi connectivity index (χ3v) is 5.80. The number of amides is 2. The molecule has 1 aliphatic rings. The molecule has 1 atom stereocenters. The van der Waals surface area contributed by atoms with E-state index in [1.165, 1.54) is 29.2 Å². The minimum absolute atomic E-state index is 0.00823. The Morgan fingerprint density at radius 3 is 2.61 bits per heavy atom. The van der Waals surface area contributed by atoms with Crippen molar-refractivity contribution in [2.24, 2.45) is 5.92 Å². The first kappa shape index (κ1) is 24.4. The Hall–Kier alpha value is -3.21. The Labute approximate surface area is 191 Å². The summed E-state index contributed by atoms with van der Waals surface area (Å²) in [6.45, 7) is -0.818. The number of piperidine rings is 1. The molecule has 178 valence electrons. The number of aryl methyl sites for hydroxylation is 1. The van der Waals surface area contributed by atoms with E-state index in [4.69, 9.17) is 0 Å². The Morgan fingerprint density at radius 2 is 1.91 bits per heavy atom. The van der Waals surface area contributed by atoms with Crippen LogP contribution in [0.4, 0.5) is 20.2 Å². The number of benzene rings is 2. The maximum absolute atomic E-state index is 12.9. The highest BCUT2D eigenvalue weighted by Gasteiger charge is 2.30. The molecule has 0 saturated carbocycles. The van der Waals surface area contributed by atoms with Crippen molar-refractivity contribution in [1.82, 2.24) is 4.90 Å². The second-order valence-electron chi connectivity index (χ2n) is 7.86. The average Bonchev–Trinajstić information content (AvgIpc) is 2.74. The van der Waals surface area contributed by atoms with Gasteiger partial charge in [-0.05, 0) is 49.6 Å². The predicted molar refractivity (Wildman–Crippen MR) is 120 cm³/mol. The second-order valence-corrected chi connectivity index (χ2v) is 9.61. The van der Waals surface area contributed by atoms with Crippen molar-refractivity contribution < 1.29 is 31.5 Å². The molecule has 8 nitrogen and oxygen atoms in total. The Morgan fingerprint density at radius 1 is 1.18 bits per heavy atom. The number of sulfonamides is 1. The summed E-state index contributed by atoms with van der Waals surface area (Å²) < 4.78 is 55.3. The first-order chi connectivity index (χ1) is 15.5. The lowest BCUT2D eigenvalue weighted by Gasteiger charge is -2.32. The maximum Gasteiger partial charge on any atom is 0.387 e. The lowest BCUT2D eigenvalue weighted by atomic mass is 9.96. The fourth-order valence-electron chi connectivity index (χ4n) is 3.64. The summed E-state index contributed by atoms with van der Waals surface area (Å²) >= 11 is 0. The van der Waals surface area contributed by atoms with Gasteiger partial charge in [-0.15, -0.1) is 0 Å². The smallest absolute Gasteiger partial charge is 0.387 e. The summed E-state index contributed by atoms with van der Waals surface area (Å²) in [7, 11) is -3.48. The topological polar surface area (TPSA) is 105 Å². The largest absolute Gasteiger partial charge is 0.434 e. The van der Waals surface area contributed by atoms with E-state index in [2.05, 4.69) is 14.8 Å². The molecule has 2 N–H and O–H groups in total. The van der Waals surface area contributed by atoms with Crippen molar-refractivity contribution in [3.63, 3.8) is 0 Å². The van der Waals surface area contributed by atoms with E-state index in [1.807, 2.05) is 0 Å². The van der Waals surface area contributed by atoms with Crippen LogP contribution in [0.15, 0.2) is 42.5 Å². The number of anilines is 2. The average molecular weight is 482 g/mol. The van der Waals surface area contributed by atoms with Crippen molar-refractivity contribution in [3.05, 3.63) is 53.6 Å². The van der Waals surface area contributed by atoms with Crippen LogP contribution in [-0.2, 0) is 14.8 Å². The van der Waals surface area contributed by atoms with E-state index in [0.717, 1.165) is 6.26 Å². The summed E-state index contributed by atoms with van der Waals surface area (Å²) in [5.74, 6) is -1.54. The van der Waals surface area contributed by atoms with Crippen molar-refractivity contribution in [3.8, 4) is 5.75 Å². The van der Waals surface area contributed by atoms with Crippen molar-refractivity contribution >= 4 is 33.2 Å². The third-order valence-electron chi connectivity index (χ3n) is 5.21. The molecule has 11 heteroatoms. The zero-order chi connectivity index (χ0) is 24.2. The van der Waals surface area contributed by atoms with E-state index < -0.39 is 28.5 Å². The van der Waals surface area contributed by atoms with Gasteiger partial charge in [-0.1, -0.05) is 18.2 Å². The number of carbonyl (C=O) groups is 2. The van der Waals surface area contributed by atoms with Crippen molar-refractivity contribution in [1.29, 1.82) is 0 Å². The quantitative estimate of drug-likeness (QED) is 0.630. The van der Waals surface area contributed by atoms with E-state index in [9.17, 15) is 26.8 Å². The molecule has 1 heterocycles. The van der Waals surface area contributed by atoms with Gasteiger partial charge in [0.2, 0.25) is 15.9 Å². The van der Waals surface area contributed by atoms with Gasteiger partial charge >= 0.3 is 6.61 Å². The third kappa shape index (κ3) is 6.64. The van der Waals surface area contributed by atoms with E-state index in [-0.39, 0.29) is 23.8 Å². The van der Waals surface area contributed by atoms with Gasteiger partial charge in [-0.3, -0.25) is 14.3 Å². The zero-order valence-corrected chi connectivity index (χ0v) is 19.0. The number of halogens is 2. The molecule has 33 heavy (non-hydrogen) atoms. The highest BCUT2D eigenvalue weighted by Crippen LogP contribution is 2.26. The van der Waals surface area contributed by atoms with Crippen LogP contribution in [0, 0.1) is 12.8 Å². The first-order valence-corrected chi connectivity index (χ1v) is 12.1. The van der Waals surface area contributed by atoms with Crippen LogP contribution in [0.1, 0.15) is 28.8 Å². The number of hydrogen-bond donors (Lipinski definition) is 2. The normalized spacial score (nSPS) is 16.4. The lowest BCUT2D eigenvalue weighted by molar-refractivity contribution is -0.121. The summed E-state index contributed by atoms with van der Waals surface area (Å²) in [6, 6.07) is 10.6. The van der Waals surface area contributed by atoms with Gasteiger partial charge in [0.1, 0.15) is 5.75 Å². The monoisotopic (exact) mass is 481 g/mol. The number of likely N-dealkylation sites (tertiary alicyclic amines) is 1. The van der Waals surface area contributed by atoms with Crippen LogP contribution in [0.3, 0.4) is 0 Å². The van der Waals surface area contributed by atoms with Crippen LogP contribution in [0.25, 0.3) is 0 Å². The number of hydrogen-bond acceptors (Lipinski definition) is 5. The van der Waals surface area contributed by atoms with Crippen LogP contribution < -0.4 is 14.8 Å². The molecule has 0 bridgehead atoms. The molecule has 0 spiro atoms. The van der Waals surface area contributed by atoms with E-state index >= 15 is 0 Å². The fraction of sp³-hybridized carbons (Fsp3) is 0.364. The van der Waals surface area contributed by atoms with Crippen LogP contribution in [-0.4, -0.2) is 51.1 Å². The molecule has 1 aliphatic heterocycles. The summed E-state index contributed by atoms with van der Waals surface area (Å²) in [5, 5.41) is 2.77. The van der Waals surface area contributed by atoms with Crippen LogP contribution in [0.2, 0.25) is 0 Å². The van der Waals surface area contributed by atoms with Gasteiger partial charge < -0.3 is 15.0 Å². The molecule has 0 aromatic heterocycles. The summed E-state index contributed by atoms with van der Waals surface area (Å²) in [4.78, 5) is 27.3. The van der Waals surface area contributed by atoms with Gasteiger partial charge in [-0.2, -0.15) is 8.78 Å². The van der Waals surface area contributed by atoms with Crippen molar-refractivity contribution in [2.75, 3.05) is 29.4 Å². The molecule has 3 rings (SSSR count). The molecule has 2 aromatic rings. The first-order valence-electron chi connectivity index (χ1n) is 10.3. The standard InChI is InChI=1S/C22H25F2N3O5S/c1-14-9-10-16(12-18(14)26-33(2,30)31)25-20(28)15-6-5-11-27(13-15)21(29)17-7-3-4-8-19(17)32-22(23)24/h3-4,7-10,12,15,22,26H,5-6,11,13H2,1-2H3,(H,25,28). The zero-order valence-electron chi connectivity index (χ0n) is 18.2. The molecular formula is C22H25F2N3O5S. The Bertz CT molecular complexity index is 1140. The number of alkyl halides is 2. The highest BCUT2D eigenvalue weighted by atomic mass is 32.2. The number of nitrogens with one attached hydrogen (secondary N) is 2. The molecule has 1 unspecified atom stereocenters. The van der Waals surface area contributed by atoms with Gasteiger partial charge in [0.25, 0.3) is 5.91 Å². The second kappa shape index (κ2) is 10.2. The van der Waals surface area contributed by atoms with Gasteiger partial charge in [0, 0.05) is 18.8 Å². The van der Waals surface area contributed by atoms with Crippen molar-refractivity contribution in [2.45, 2.75) is 26.4 Å². The fourth-order valence-corrected chi connectivity index (χ4v) is 4.26. The Kier molecular flexibility index (Phi) is 7.52. The molecule has 0 radical (unpaired) electrons. The number of nitrogens with zero attached hydrogens (tertiary/aromatic N) is 1. The molecular weight excluding hydrogens is 456 g/mol. The molecule has 1 fully saturated rings. The molecule has 0 aliphatic carbocycles. The SMILES string of the molecule is Cc1ccc(NC(=O)C2CCCN(C(=O)c3ccccc3OC(F)F)C2)cc1NS(C)(=O)=O. The molecule has 2 aromatic carbocycles. The molecule has 1 saturated heterocycles. The highest BCUT2D eigenvalue weighted by molar-refractivity contribution is 7.92. The van der Waals surface area contributed by atoms with Gasteiger partial charge in [0.15, 0.2) is 0 Å². The number of ether oxygens (including phenoxy) is 1. The number of rotatable bonds is 7. The number of carbonyl (C=O) groups excluding carboxylic acids is 2. The summed E-state index contributed by atoms with van der Waals surface area (Å²) in [5.41, 5.74) is 1.47. The van der Waals surface area contributed by atoms with Crippen LogP contribution in [0.5, 0.6) is 5.75 Å². The Balaban J connectivity index is 1.70. The predicted octanol–water partition coefficient (Wildman–Crippen LogP) is 3.46. The maximum atomic E-state index is 12.9. The minimum atomic E-state index is -3.48. The molecule has 2 amide bonds. The summed E-state index contributed by atoms with van der Waals surface area (Å²) in [6.07, 6.45) is 2.15. The number of para-hydroxylation sites is 1.